The molecule has 1 aromatic carbocycles. The molecule has 0 radical (unpaired) electrons. The molecular formula is C18H11N3O6S. The van der Waals surface area contributed by atoms with E-state index in [1.807, 2.05) is 0 Å². The number of thiazole rings is 1. The fourth-order valence-electron chi connectivity index (χ4n) is 2.52. The Hall–Kier alpha value is -3.79. The highest BCUT2D eigenvalue weighted by atomic mass is 32.1. The van der Waals surface area contributed by atoms with Gasteiger partial charge < -0.3 is 9.15 Å². The minimum absolute atomic E-state index is 0.0257. The van der Waals surface area contributed by atoms with Crippen LogP contribution in [0.25, 0.3) is 16.3 Å². The third-order valence-electron chi connectivity index (χ3n) is 3.88. The highest BCUT2D eigenvalue weighted by molar-refractivity contribution is 7.15. The van der Waals surface area contributed by atoms with Crippen LogP contribution in [0.4, 0.5) is 5.69 Å². The van der Waals surface area contributed by atoms with Gasteiger partial charge in [-0.3, -0.25) is 19.3 Å². The van der Waals surface area contributed by atoms with Crippen molar-refractivity contribution in [3.63, 3.8) is 0 Å². The molecule has 0 saturated carbocycles. The fourth-order valence-corrected chi connectivity index (χ4v) is 3.26. The molecule has 0 bridgehead atoms. The number of furan rings is 1. The predicted octanol–water partition coefficient (Wildman–Crippen LogP) is 3.28. The molecule has 9 nitrogen and oxygen atoms in total. The number of esters is 1. The van der Waals surface area contributed by atoms with Gasteiger partial charge in [0.15, 0.2) is 4.96 Å². The van der Waals surface area contributed by atoms with Crippen LogP contribution in [0.15, 0.2) is 63.3 Å². The molecule has 140 valence electrons. The molecule has 0 saturated heterocycles. The number of non-ortho nitro benzene ring substituents is 1. The Labute approximate surface area is 160 Å². The lowest BCUT2D eigenvalue weighted by Crippen LogP contribution is -2.14. The number of hydrogen-bond acceptors (Lipinski definition) is 8. The van der Waals surface area contributed by atoms with Crippen LogP contribution >= 0.6 is 11.3 Å². The fraction of sp³-hybridized carbons (Fsp3) is 0.0556. The Balaban J connectivity index is 1.46. The number of nitro benzene ring substituents is 1. The third-order valence-corrected chi connectivity index (χ3v) is 4.63. The average Bonchev–Trinajstić information content (AvgIpc) is 3.36. The van der Waals surface area contributed by atoms with Crippen molar-refractivity contribution < 1.29 is 18.9 Å². The molecule has 0 atom stereocenters. The van der Waals surface area contributed by atoms with E-state index >= 15 is 0 Å². The molecule has 3 heterocycles. The highest BCUT2D eigenvalue weighted by Crippen LogP contribution is 2.25. The van der Waals surface area contributed by atoms with Crippen LogP contribution in [0.2, 0.25) is 0 Å². The summed E-state index contributed by atoms with van der Waals surface area (Å²) in [6.45, 7) is -0.171. The van der Waals surface area contributed by atoms with Gasteiger partial charge in [-0.05, 0) is 24.3 Å². The molecule has 10 heteroatoms. The first-order valence-electron chi connectivity index (χ1n) is 7.99. The first kappa shape index (κ1) is 17.6. The summed E-state index contributed by atoms with van der Waals surface area (Å²) < 4.78 is 12.0. The topological polar surface area (TPSA) is 117 Å². The second kappa shape index (κ2) is 7.08. The lowest BCUT2D eigenvalue weighted by molar-refractivity contribution is -0.384. The minimum atomic E-state index is -0.707. The van der Waals surface area contributed by atoms with Gasteiger partial charge in [-0.1, -0.05) is 0 Å². The van der Waals surface area contributed by atoms with Gasteiger partial charge >= 0.3 is 5.97 Å². The number of hydrogen-bond donors (Lipinski definition) is 0. The van der Waals surface area contributed by atoms with Crippen LogP contribution in [0.3, 0.4) is 0 Å². The van der Waals surface area contributed by atoms with Crippen LogP contribution < -0.4 is 5.56 Å². The van der Waals surface area contributed by atoms with Crippen LogP contribution in [-0.4, -0.2) is 20.3 Å². The van der Waals surface area contributed by atoms with Gasteiger partial charge in [-0.15, -0.1) is 11.3 Å². The lowest BCUT2D eigenvalue weighted by atomic mass is 10.1. The van der Waals surface area contributed by atoms with Gasteiger partial charge in [0.25, 0.3) is 11.2 Å². The molecule has 28 heavy (non-hydrogen) atoms. The van der Waals surface area contributed by atoms with E-state index in [2.05, 4.69) is 4.98 Å². The number of ether oxygens (including phenoxy) is 1. The Kier molecular flexibility index (Phi) is 4.45. The van der Waals surface area contributed by atoms with E-state index in [1.165, 1.54) is 52.1 Å². The van der Waals surface area contributed by atoms with Crippen LogP contribution in [0.5, 0.6) is 0 Å². The molecule has 0 unspecified atom stereocenters. The van der Waals surface area contributed by atoms with Gasteiger partial charge in [-0.2, -0.15) is 0 Å². The van der Waals surface area contributed by atoms with Crippen molar-refractivity contribution in [1.29, 1.82) is 0 Å². The Morgan fingerprint density at radius 2 is 2.04 bits per heavy atom. The largest absolute Gasteiger partial charge is 0.453 e. The van der Waals surface area contributed by atoms with E-state index in [9.17, 15) is 19.7 Å². The monoisotopic (exact) mass is 397 g/mol. The van der Waals surface area contributed by atoms with Gasteiger partial charge in [0.05, 0.1) is 10.6 Å². The zero-order valence-corrected chi connectivity index (χ0v) is 14.9. The SMILES string of the molecule is O=C(OCc1cc(=O)n2ccsc2n1)c1ccc(-c2ccc([N+](=O)[O-])cc2)o1. The molecule has 0 N–H and O–H groups in total. The summed E-state index contributed by atoms with van der Waals surface area (Å²) in [5.74, 6) is -0.359. The van der Waals surface area contributed by atoms with Crippen molar-refractivity contribution in [3.8, 4) is 11.3 Å². The number of nitro groups is 1. The second-order valence-electron chi connectivity index (χ2n) is 5.69. The quantitative estimate of drug-likeness (QED) is 0.288. The summed E-state index contributed by atoms with van der Waals surface area (Å²) in [6, 6.07) is 10.1. The molecule has 3 aromatic heterocycles. The van der Waals surface area contributed by atoms with Crippen LogP contribution in [0.1, 0.15) is 16.2 Å². The average molecular weight is 397 g/mol. The van der Waals surface area contributed by atoms with Crippen molar-refractivity contribution in [1.82, 2.24) is 9.38 Å². The van der Waals surface area contributed by atoms with Crippen molar-refractivity contribution >= 4 is 28.0 Å². The second-order valence-corrected chi connectivity index (χ2v) is 6.56. The van der Waals surface area contributed by atoms with E-state index in [-0.39, 0.29) is 23.6 Å². The number of carbonyl (C=O) groups excluding carboxylic acids is 1. The maximum atomic E-state index is 12.2. The van der Waals surface area contributed by atoms with E-state index in [4.69, 9.17) is 9.15 Å². The zero-order chi connectivity index (χ0) is 19.7. The van der Waals surface area contributed by atoms with Crippen molar-refractivity contribution in [2.45, 2.75) is 6.61 Å². The molecular weight excluding hydrogens is 386 g/mol. The zero-order valence-electron chi connectivity index (χ0n) is 14.1. The number of benzene rings is 1. The Morgan fingerprint density at radius 3 is 2.79 bits per heavy atom. The summed E-state index contributed by atoms with van der Waals surface area (Å²) in [6.07, 6.45) is 1.62. The van der Waals surface area contributed by atoms with Gasteiger partial charge in [0, 0.05) is 35.3 Å². The van der Waals surface area contributed by atoms with E-state index in [0.717, 1.165) is 0 Å². The summed E-state index contributed by atoms with van der Waals surface area (Å²) in [5.41, 5.74) is 0.627. The Morgan fingerprint density at radius 1 is 1.25 bits per heavy atom. The van der Waals surface area contributed by atoms with Gasteiger partial charge in [0.2, 0.25) is 5.76 Å². The summed E-state index contributed by atoms with van der Waals surface area (Å²) in [4.78, 5) is 39.1. The molecule has 0 aliphatic rings. The van der Waals surface area contributed by atoms with E-state index in [1.54, 1.807) is 17.6 Å². The first-order chi connectivity index (χ1) is 13.5. The van der Waals surface area contributed by atoms with E-state index < -0.39 is 10.9 Å². The Bertz CT molecular complexity index is 1240. The molecule has 0 aliphatic heterocycles. The molecule has 4 aromatic rings. The van der Waals surface area contributed by atoms with Crippen molar-refractivity contribution in [3.05, 3.63) is 86.0 Å². The lowest BCUT2D eigenvalue weighted by Gasteiger charge is -2.03. The number of aromatic nitrogens is 2. The molecule has 4 rings (SSSR count). The summed E-state index contributed by atoms with van der Waals surface area (Å²) >= 11 is 1.30. The normalized spacial score (nSPS) is 10.9. The number of carbonyl (C=O) groups is 1. The van der Waals surface area contributed by atoms with Crippen molar-refractivity contribution in [2.24, 2.45) is 0 Å². The van der Waals surface area contributed by atoms with Gasteiger partial charge in [0.1, 0.15) is 12.4 Å². The maximum Gasteiger partial charge on any atom is 0.374 e. The standard InChI is InChI=1S/C18H11N3O6S/c22-16-9-12(19-18-20(16)7-8-28-18)10-26-17(23)15-6-5-14(27-15)11-1-3-13(4-2-11)21(24)25/h1-9H,10H2. The van der Waals surface area contributed by atoms with Crippen LogP contribution in [-0.2, 0) is 11.3 Å². The predicted molar refractivity (Wildman–Crippen MR) is 99.3 cm³/mol. The number of fused-ring (bicyclic) bond motifs is 1. The molecule has 0 spiro atoms. The smallest absolute Gasteiger partial charge is 0.374 e. The van der Waals surface area contributed by atoms with Crippen LogP contribution in [0, 0.1) is 10.1 Å². The number of nitrogens with zero attached hydrogens (tertiary/aromatic N) is 3. The molecule has 0 aliphatic carbocycles. The third kappa shape index (κ3) is 3.40. The van der Waals surface area contributed by atoms with Gasteiger partial charge in [-0.25, -0.2) is 9.78 Å². The minimum Gasteiger partial charge on any atom is -0.453 e. The first-order valence-corrected chi connectivity index (χ1v) is 8.87. The maximum absolute atomic E-state index is 12.2. The molecule has 0 fully saturated rings. The summed E-state index contributed by atoms with van der Waals surface area (Å²) in [5, 5.41) is 12.4. The highest BCUT2D eigenvalue weighted by Gasteiger charge is 2.15. The number of rotatable bonds is 5. The van der Waals surface area contributed by atoms with Crippen molar-refractivity contribution in [2.75, 3.05) is 0 Å². The van der Waals surface area contributed by atoms with E-state index in [0.29, 0.717) is 22.0 Å². The molecule has 0 amide bonds. The summed E-state index contributed by atoms with van der Waals surface area (Å²) in [7, 11) is 0.